The van der Waals surface area contributed by atoms with E-state index in [9.17, 15) is 4.79 Å². The number of para-hydroxylation sites is 1. The molecule has 1 heterocycles. The summed E-state index contributed by atoms with van der Waals surface area (Å²) < 4.78 is 0. The standard InChI is InChI=1S/C17H16N2O2/c20-11-10-18-17(21)16-15(12-6-2-1-3-7-12)13-8-4-5-9-14(13)19-16/h1-9,19-20H,10-11H2,(H,18,21). The van der Waals surface area contributed by atoms with Crippen molar-refractivity contribution >= 4 is 16.8 Å². The number of hydrogen-bond acceptors (Lipinski definition) is 2. The number of hydrogen-bond donors (Lipinski definition) is 3. The number of nitrogens with one attached hydrogen (secondary N) is 2. The highest BCUT2D eigenvalue weighted by atomic mass is 16.3. The van der Waals surface area contributed by atoms with Crippen LogP contribution in [0.3, 0.4) is 0 Å². The van der Waals surface area contributed by atoms with Crippen molar-refractivity contribution in [2.75, 3.05) is 13.2 Å². The van der Waals surface area contributed by atoms with Crippen LogP contribution in [-0.2, 0) is 0 Å². The summed E-state index contributed by atoms with van der Waals surface area (Å²) in [6.45, 7) is 0.162. The number of H-pyrrole nitrogens is 1. The maximum absolute atomic E-state index is 12.3. The zero-order valence-electron chi connectivity index (χ0n) is 11.5. The molecule has 0 spiro atoms. The Kier molecular flexibility index (Phi) is 3.71. The summed E-state index contributed by atoms with van der Waals surface area (Å²) in [5, 5.41) is 12.6. The lowest BCUT2D eigenvalue weighted by atomic mass is 10.0. The van der Waals surface area contributed by atoms with Crippen LogP contribution < -0.4 is 5.32 Å². The molecule has 0 unspecified atom stereocenters. The Morgan fingerprint density at radius 3 is 2.52 bits per heavy atom. The molecule has 2 aromatic carbocycles. The van der Waals surface area contributed by atoms with E-state index in [1.54, 1.807) is 0 Å². The summed E-state index contributed by atoms with van der Waals surface area (Å²) in [5.41, 5.74) is 3.33. The van der Waals surface area contributed by atoms with Gasteiger partial charge >= 0.3 is 0 Å². The molecular formula is C17H16N2O2. The molecule has 0 bridgehead atoms. The summed E-state index contributed by atoms with van der Waals surface area (Å²) in [5.74, 6) is -0.209. The number of rotatable bonds is 4. The monoisotopic (exact) mass is 280 g/mol. The molecule has 0 radical (unpaired) electrons. The van der Waals surface area contributed by atoms with Gasteiger partial charge in [-0.05, 0) is 11.6 Å². The van der Waals surface area contributed by atoms with Crippen LogP contribution in [0.1, 0.15) is 10.5 Å². The van der Waals surface area contributed by atoms with E-state index in [1.807, 2.05) is 54.6 Å². The van der Waals surface area contributed by atoms with Gasteiger partial charge in [-0.15, -0.1) is 0 Å². The molecule has 3 N–H and O–H groups in total. The molecule has 0 aliphatic heterocycles. The van der Waals surface area contributed by atoms with Crippen LogP contribution in [0.5, 0.6) is 0 Å². The van der Waals surface area contributed by atoms with Crippen molar-refractivity contribution < 1.29 is 9.90 Å². The maximum atomic E-state index is 12.3. The van der Waals surface area contributed by atoms with Crippen LogP contribution in [0.2, 0.25) is 0 Å². The van der Waals surface area contributed by atoms with Crippen LogP contribution in [0, 0.1) is 0 Å². The van der Waals surface area contributed by atoms with Crippen LogP contribution in [0.15, 0.2) is 54.6 Å². The summed E-state index contributed by atoms with van der Waals surface area (Å²) in [7, 11) is 0. The average Bonchev–Trinajstić information content (AvgIpc) is 2.93. The molecule has 0 saturated carbocycles. The number of benzene rings is 2. The lowest BCUT2D eigenvalue weighted by molar-refractivity contribution is 0.0941. The SMILES string of the molecule is O=C(NCCO)c1[nH]c2ccccc2c1-c1ccccc1. The highest BCUT2D eigenvalue weighted by Gasteiger charge is 2.18. The lowest BCUT2D eigenvalue weighted by Crippen LogP contribution is -2.27. The van der Waals surface area contributed by atoms with Gasteiger partial charge in [-0.25, -0.2) is 0 Å². The Bertz CT molecular complexity index is 763. The summed E-state index contributed by atoms with van der Waals surface area (Å²) in [4.78, 5) is 15.5. The molecule has 1 amide bonds. The molecule has 106 valence electrons. The predicted molar refractivity (Wildman–Crippen MR) is 83.2 cm³/mol. The zero-order valence-corrected chi connectivity index (χ0v) is 11.5. The van der Waals surface area contributed by atoms with Gasteiger partial charge in [0.1, 0.15) is 5.69 Å². The molecule has 21 heavy (non-hydrogen) atoms. The third kappa shape index (κ3) is 2.53. The van der Waals surface area contributed by atoms with Crippen molar-refractivity contribution in [3.63, 3.8) is 0 Å². The molecule has 3 rings (SSSR count). The van der Waals surface area contributed by atoms with Gasteiger partial charge in [0.15, 0.2) is 0 Å². The molecule has 0 fully saturated rings. The molecule has 0 atom stereocenters. The van der Waals surface area contributed by atoms with Crippen molar-refractivity contribution in [3.05, 3.63) is 60.3 Å². The fraction of sp³-hybridized carbons (Fsp3) is 0.118. The van der Waals surface area contributed by atoms with Crippen molar-refractivity contribution in [1.82, 2.24) is 10.3 Å². The first-order valence-corrected chi connectivity index (χ1v) is 6.86. The molecule has 3 aromatic rings. The van der Waals surface area contributed by atoms with Gasteiger partial charge in [-0.3, -0.25) is 4.79 Å². The van der Waals surface area contributed by atoms with E-state index in [1.165, 1.54) is 0 Å². The zero-order chi connectivity index (χ0) is 14.7. The molecule has 0 saturated heterocycles. The number of fused-ring (bicyclic) bond motifs is 1. The van der Waals surface area contributed by atoms with E-state index in [2.05, 4.69) is 10.3 Å². The van der Waals surface area contributed by atoms with E-state index in [0.717, 1.165) is 22.0 Å². The smallest absolute Gasteiger partial charge is 0.268 e. The molecule has 0 aliphatic carbocycles. The van der Waals surface area contributed by atoms with Gasteiger partial charge in [-0.2, -0.15) is 0 Å². The summed E-state index contributed by atoms with van der Waals surface area (Å²) in [6, 6.07) is 17.7. The van der Waals surface area contributed by atoms with Crippen molar-refractivity contribution in [1.29, 1.82) is 0 Å². The van der Waals surface area contributed by atoms with E-state index in [-0.39, 0.29) is 19.1 Å². The molecule has 1 aromatic heterocycles. The highest BCUT2D eigenvalue weighted by molar-refractivity contribution is 6.09. The largest absolute Gasteiger partial charge is 0.395 e. The Balaban J connectivity index is 2.17. The van der Waals surface area contributed by atoms with Crippen molar-refractivity contribution in [3.8, 4) is 11.1 Å². The second-order valence-electron chi connectivity index (χ2n) is 4.77. The fourth-order valence-electron chi connectivity index (χ4n) is 2.47. The number of aliphatic hydroxyl groups is 1. The minimum absolute atomic E-state index is 0.0767. The van der Waals surface area contributed by atoms with Crippen LogP contribution in [0.4, 0.5) is 0 Å². The predicted octanol–water partition coefficient (Wildman–Crippen LogP) is 2.56. The van der Waals surface area contributed by atoms with E-state index >= 15 is 0 Å². The van der Waals surface area contributed by atoms with E-state index in [0.29, 0.717) is 5.69 Å². The van der Waals surface area contributed by atoms with Gasteiger partial charge in [0, 0.05) is 23.0 Å². The first-order chi connectivity index (χ1) is 10.3. The Morgan fingerprint density at radius 2 is 1.76 bits per heavy atom. The van der Waals surface area contributed by atoms with Gasteiger partial charge in [-0.1, -0.05) is 48.5 Å². The van der Waals surface area contributed by atoms with Gasteiger partial charge < -0.3 is 15.4 Å². The average molecular weight is 280 g/mol. The minimum atomic E-state index is -0.209. The number of carbonyl (C=O) groups excluding carboxylic acids is 1. The highest BCUT2D eigenvalue weighted by Crippen LogP contribution is 2.32. The quantitative estimate of drug-likeness (QED) is 0.687. The Labute approximate surface area is 122 Å². The Hall–Kier alpha value is -2.59. The Morgan fingerprint density at radius 1 is 1.05 bits per heavy atom. The summed E-state index contributed by atoms with van der Waals surface area (Å²) >= 11 is 0. The second kappa shape index (κ2) is 5.81. The molecule has 0 aliphatic rings. The number of aromatic nitrogens is 1. The third-order valence-electron chi connectivity index (χ3n) is 3.39. The first-order valence-electron chi connectivity index (χ1n) is 6.86. The normalized spacial score (nSPS) is 10.7. The van der Waals surface area contributed by atoms with E-state index in [4.69, 9.17) is 5.11 Å². The van der Waals surface area contributed by atoms with Gasteiger partial charge in [0.2, 0.25) is 0 Å². The number of aromatic amines is 1. The molecular weight excluding hydrogens is 264 g/mol. The van der Waals surface area contributed by atoms with Gasteiger partial charge in [0.25, 0.3) is 5.91 Å². The minimum Gasteiger partial charge on any atom is -0.395 e. The fourth-order valence-corrected chi connectivity index (χ4v) is 2.47. The van der Waals surface area contributed by atoms with Crippen LogP contribution >= 0.6 is 0 Å². The van der Waals surface area contributed by atoms with E-state index < -0.39 is 0 Å². The maximum Gasteiger partial charge on any atom is 0.268 e. The van der Waals surface area contributed by atoms with Crippen molar-refractivity contribution in [2.45, 2.75) is 0 Å². The summed E-state index contributed by atoms with van der Waals surface area (Å²) in [6.07, 6.45) is 0. The first kappa shape index (κ1) is 13.4. The number of amides is 1. The lowest BCUT2D eigenvalue weighted by Gasteiger charge is -2.06. The molecule has 4 heteroatoms. The van der Waals surface area contributed by atoms with Crippen LogP contribution in [0.25, 0.3) is 22.0 Å². The van der Waals surface area contributed by atoms with Gasteiger partial charge in [0.05, 0.1) is 6.61 Å². The second-order valence-corrected chi connectivity index (χ2v) is 4.77. The number of aliphatic hydroxyl groups excluding tert-OH is 1. The topological polar surface area (TPSA) is 65.1 Å². The third-order valence-corrected chi connectivity index (χ3v) is 3.39. The molecule has 4 nitrogen and oxygen atoms in total. The number of carbonyl (C=O) groups is 1. The van der Waals surface area contributed by atoms with Crippen LogP contribution in [-0.4, -0.2) is 29.1 Å². The van der Waals surface area contributed by atoms with Crippen molar-refractivity contribution in [2.24, 2.45) is 0 Å².